The van der Waals surface area contributed by atoms with E-state index in [0.29, 0.717) is 11.1 Å². The standard InChI is InChI=1S/C23H24O10/c1-8-4-10-15(12(25)5-8)19(28)16-11(17(10)26)6-13(31-3)9(2)22(16)33-23-21(30)20(29)18(27)14(7-24)32-23/h4-6,14,18,20-21,23-25,27,29-30H,7H2,1-3H3. The summed E-state index contributed by atoms with van der Waals surface area (Å²) in [6.07, 6.45) is -7.86. The summed E-state index contributed by atoms with van der Waals surface area (Å²) in [5.74, 6) is -1.51. The van der Waals surface area contributed by atoms with Crippen molar-refractivity contribution in [2.24, 2.45) is 0 Å². The van der Waals surface area contributed by atoms with Gasteiger partial charge in [-0.05, 0) is 37.6 Å². The molecule has 0 amide bonds. The maximum Gasteiger partial charge on any atom is 0.229 e. The molecule has 5 unspecified atom stereocenters. The third kappa shape index (κ3) is 3.56. The smallest absolute Gasteiger partial charge is 0.229 e. The van der Waals surface area contributed by atoms with Crippen molar-refractivity contribution in [2.75, 3.05) is 13.7 Å². The molecular weight excluding hydrogens is 436 g/mol. The quantitative estimate of drug-likeness (QED) is 0.357. The molecule has 4 rings (SSSR count). The maximum atomic E-state index is 13.5. The number of hydrogen-bond donors (Lipinski definition) is 5. The van der Waals surface area contributed by atoms with Gasteiger partial charge in [-0.2, -0.15) is 0 Å². The number of fused-ring (bicyclic) bond motifs is 2. The predicted octanol–water partition coefficient (Wildman–Crippen LogP) is -0.0283. The number of benzene rings is 2. The summed E-state index contributed by atoms with van der Waals surface area (Å²) in [7, 11) is 1.37. The first-order valence-electron chi connectivity index (χ1n) is 10.2. The van der Waals surface area contributed by atoms with Crippen LogP contribution in [-0.4, -0.2) is 81.5 Å². The molecule has 33 heavy (non-hydrogen) atoms. The molecule has 10 heteroatoms. The van der Waals surface area contributed by atoms with Crippen LogP contribution in [-0.2, 0) is 4.74 Å². The van der Waals surface area contributed by atoms with Gasteiger partial charge in [-0.25, -0.2) is 0 Å². The van der Waals surface area contributed by atoms with Crippen molar-refractivity contribution in [3.63, 3.8) is 0 Å². The summed E-state index contributed by atoms with van der Waals surface area (Å²) in [4.78, 5) is 26.7. The van der Waals surface area contributed by atoms with Gasteiger partial charge >= 0.3 is 0 Å². The minimum atomic E-state index is -1.73. The third-order valence-electron chi connectivity index (χ3n) is 5.99. The lowest BCUT2D eigenvalue weighted by Crippen LogP contribution is -2.60. The van der Waals surface area contributed by atoms with Gasteiger partial charge in [0.05, 0.1) is 24.8 Å². The number of phenols is 1. The number of aliphatic hydroxyl groups excluding tert-OH is 4. The number of ether oxygens (including phenoxy) is 3. The summed E-state index contributed by atoms with van der Waals surface area (Å²) in [6, 6.07) is 4.26. The van der Waals surface area contributed by atoms with Gasteiger partial charge in [0.2, 0.25) is 12.1 Å². The normalized spacial score (nSPS) is 26.6. The lowest BCUT2D eigenvalue weighted by molar-refractivity contribution is -0.277. The number of aryl methyl sites for hydroxylation is 1. The van der Waals surface area contributed by atoms with Crippen LogP contribution in [0, 0.1) is 13.8 Å². The Bertz CT molecular complexity index is 1140. The molecule has 0 aromatic heterocycles. The van der Waals surface area contributed by atoms with Gasteiger partial charge in [0.25, 0.3) is 0 Å². The molecule has 0 spiro atoms. The van der Waals surface area contributed by atoms with Gasteiger partial charge in [0, 0.05) is 16.7 Å². The summed E-state index contributed by atoms with van der Waals surface area (Å²) in [5.41, 5.74) is 0.551. The summed E-state index contributed by atoms with van der Waals surface area (Å²) in [5, 5.41) is 50.3. The van der Waals surface area contributed by atoms with Crippen LogP contribution in [0.1, 0.15) is 43.0 Å². The highest BCUT2D eigenvalue weighted by Gasteiger charge is 2.46. The number of methoxy groups -OCH3 is 1. The van der Waals surface area contributed by atoms with Crippen LogP contribution in [0.15, 0.2) is 18.2 Å². The second kappa shape index (κ2) is 8.40. The van der Waals surface area contributed by atoms with E-state index in [4.69, 9.17) is 14.2 Å². The lowest BCUT2D eigenvalue weighted by Gasteiger charge is -2.40. The zero-order valence-electron chi connectivity index (χ0n) is 18.1. The van der Waals surface area contributed by atoms with Gasteiger partial charge in [-0.3, -0.25) is 9.59 Å². The average Bonchev–Trinajstić information content (AvgIpc) is 2.78. The van der Waals surface area contributed by atoms with Crippen molar-refractivity contribution < 1.29 is 49.3 Å². The van der Waals surface area contributed by atoms with Crippen LogP contribution < -0.4 is 9.47 Å². The van der Waals surface area contributed by atoms with Crippen molar-refractivity contribution in [3.05, 3.63) is 51.6 Å². The molecule has 1 heterocycles. The van der Waals surface area contributed by atoms with Gasteiger partial charge in [-0.15, -0.1) is 0 Å². The molecule has 1 fully saturated rings. The van der Waals surface area contributed by atoms with Crippen LogP contribution in [0.4, 0.5) is 0 Å². The first kappa shape index (κ1) is 23.1. The molecule has 5 N–H and O–H groups in total. The highest BCUT2D eigenvalue weighted by Crippen LogP contribution is 2.43. The van der Waals surface area contributed by atoms with E-state index in [-0.39, 0.29) is 39.5 Å². The van der Waals surface area contributed by atoms with Crippen LogP contribution >= 0.6 is 0 Å². The van der Waals surface area contributed by atoms with Crippen LogP contribution in [0.2, 0.25) is 0 Å². The fourth-order valence-electron chi connectivity index (χ4n) is 4.23. The van der Waals surface area contributed by atoms with Crippen molar-refractivity contribution in [3.8, 4) is 17.2 Å². The van der Waals surface area contributed by atoms with Crippen LogP contribution in [0.3, 0.4) is 0 Å². The van der Waals surface area contributed by atoms with E-state index in [0.717, 1.165) is 0 Å². The van der Waals surface area contributed by atoms with Gasteiger partial charge in [-0.1, -0.05) is 0 Å². The molecule has 0 bridgehead atoms. The average molecular weight is 460 g/mol. The minimum Gasteiger partial charge on any atom is -0.507 e. The summed E-state index contributed by atoms with van der Waals surface area (Å²) < 4.78 is 16.5. The SMILES string of the molecule is COc1cc2c(c(OC3OC(CO)C(O)C(O)C3O)c1C)C(=O)c1c(O)cc(C)cc1C2=O. The zero-order chi connectivity index (χ0) is 24.2. The topological polar surface area (TPSA) is 163 Å². The number of phenolic OH excluding ortho intramolecular Hbond substituents is 1. The van der Waals surface area contributed by atoms with Crippen molar-refractivity contribution in [2.45, 2.75) is 44.6 Å². The van der Waals surface area contributed by atoms with Crippen molar-refractivity contribution in [1.29, 1.82) is 0 Å². The van der Waals surface area contributed by atoms with Crippen LogP contribution in [0.5, 0.6) is 17.2 Å². The highest BCUT2D eigenvalue weighted by molar-refractivity contribution is 6.30. The van der Waals surface area contributed by atoms with E-state index in [1.807, 2.05) is 0 Å². The van der Waals surface area contributed by atoms with Gasteiger partial charge < -0.3 is 39.7 Å². The second-order valence-corrected chi connectivity index (χ2v) is 8.14. The number of hydrogen-bond acceptors (Lipinski definition) is 10. The van der Waals surface area contributed by atoms with E-state index in [9.17, 15) is 35.1 Å². The van der Waals surface area contributed by atoms with E-state index in [1.54, 1.807) is 13.8 Å². The molecule has 2 aromatic carbocycles. The lowest BCUT2D eigenvalue weighted by atomic mass is 9.81. The number of aromatic hydroxyl groups is 1. The van der Waals surface area contributed by atoms with Gasteiger partial charge in [0.1, 0.15) is 41.7 Å². The Kier molecular flexibility index (Phi) is 5.89. The predicted molar refractivity (Wildman–Crippen MR) is 112 cm³/mol. The van der Waals surface area contributed by atoms with E-state index < -0.39 is 48.9 Å². The molecule has 1 aliphatic carbocycles. The fraction of sp³-hybridized carbons (Fsp3) is 0.391. The molecule has 2 aliphatic rings. The number of aliphatic hydroxyl groups is 4. The van der Waals surface area contributed by atoms with Crippen molar-refractivity contribution >= 4 is 11.6 Å². The molecule has 0 radical (unpaired) electrons. The maximum absolute atomic E-state index is 13.5. The second-order valence-electron chi connectivity index (χ2n) is 8.14. The Morgan fingerprint density at radius 1 is 0.939 bits per heavy atom. The number of ketones is 2. The molecule has 0 saturated carbocycles. The van der Waals surface area contributed by atoms with Crippen LogP contribution in [0.25, 0.3) is 0 Å². The Balaban J connectivity index is 1.87. The Morgan fingerprint density at radius 3 is 2.24 bits per heavy atom. The van der Waals surface area contributed by atoms with E-state index >= 15 is 0 Å². The molecule has 1 aliphatic heterocycles. The summed E-state index contributed by atoms with van der Waals surface area (Å²) in [6.45, 7) is 2.56. The first-order chi connectivity index (χ1) is 15.6. The monoisotopic (exact) mass is 460 g/mol. The molecule has 176 valence electrons. The zero-order valence-corrected chi connectivity index (χ0v) is 18.1. The largest absolute Gasteiger partial charge is 0.507 e. The van der Waals surface area contributed by atoms with E-state index in [1.165, 1.54) is 25.3 Å². The Labute approximate surface area is 188 Å². The first-order valence-corrected chi connectivity index (χ1v) is 10.2. The fourth-order valence-corrected chi connectivity index (χ4v) is 4.23. The number of carbonyl (C=O) groups excluding carboxylic acids is 2. The third-order valence-corrected chi connectivity index (χ3v) is 5.99. The molecule has 10 nitrogen and oxygen atoms in total. The molecule has 2 aromatic rings. The number of carbonyl (C=O) groups is 2. The highest BCUT2D eigenvalue weighted by atomic mass is 16.7. The van der Waals surface area contributed by atoms with Gasteiger partial charge in [0.15, 0.2) is 5.78 Å². The molecule has 1 saturated heterocycles. The molecular formula is C23H24O10. The Morgan fingerprint density at radius 2 is 1.61 bits per heavy atom. The number of rotatable bonds is 4. The minimum absolute atomic E-state index is 0.0282. The summed E-state index contributed by atoms with van der Waals surface area (Å²) >= 11 is 0. The Hall–Kier alpha value is -3.02. The van der Waals surface area contributed by atoms with E-state index in [2.05, 4.69) is 0 Å². The molecule has 5 atom stereocenters. The van der Waals surface area contributed by atoms with Crippen molar-refractivity contribution in [1.82, 2.24) is 0 Å².